The van der Waals surface area contributed by atoms with Gasteiger partial charge in [-0.25, -0.2) is 14.5 Å². The second-order valence-corrected chi connectivity index (χ2v) is 8.10. The van der Waals surface area contributed by atoms with Crippen molar-refractivity contribution >= 4 is 23.0 Å². The van der Waals surface area contributed by atoms with E-state index in [1.165, 1.54) is 0 Å². The van der Waals surface area contributed by atoms with Crippen molar-refractivity contribution < 1.29 is 18.7 Å². The van der Waals surface area contributed by atoms with Gasteiger partial charge in [0.05, 0.1) is 17.7 Å². The summed E-state index contributed by atoms with van der Waals surface area (Å²) in [6.45, 7) is 0.164. The van der Waals surface area contributed by atoms with Crippen LogP contribution in [0.4, 0.5) is 0 Å². The van der Waals surface area contributed by atoms with Crippen LogP contribution in [0.25, 0.3) is 5.65 Å². The Morgan fingerprint density at radius 1 is 1.19 bits per heavy atom. The molecule has 8 nitrogen and oxygen atoms in total. The third-order valence-corrected chi connectivity index (χ3v) is 5.90. The minimum atomic E-state index is -0.443. The van der Waals surface area contributed by atoms with Crippen LogP contribution in [0.15, 0.2) is 64.7 Å². The molecule has 2 aliphatic rings. The van der Waals surface area contributed by atoms with E-state index in [1.807, 2.05) is 6.07 Å². The number of allylic oxidation sites excluding steroid dienone is 2. The minimum Gasteiger partial charge on any atom is -0.486 e. The number of benzene rings is 1. The third kappa shape index (κ3) is 3.15. The molecule has 0 radical (unpaired) electrons. The monoisotopic (exact) mass is 448 g/mol. The van der Waals surface area contributed by atoms with Crippen molar-refractivity contribution in [3.05, 3.63) is 82.5 Å². The van der Waals surface area contributed by atoms with E-state index in [2.05, 4.69) is 15.1 Å². The third-order valence-electron chi connectivity index (χ3n) is 5.65. The van der Waals surface area contributed by atoms with Crippen LogP contribution in [0.5, 0.6) is 11.6 Å². The quantitative estimate of drug-likeness (QED) is 0.454. The number of ether oxygens (including phenoxy) is 2. The van der Waals surface area contributed by atoms with Gasteiger partial charge in [-0.15, -0.1) is 5.10 Å². The molecule has 3 aromatic heterocycles. The number of rotatable bonds is 4. The van der Waals surface area contributed by atoms with Crippen molar-refractivity contribution in [2.24, 2.45) is 0 Å². The second kappa shape index (κ2) is 7.49. The Morgan fingerprint density at radius 3 is 2.88 bits per heavy atom. The molecular formula is C23H17ClN4O4. The van der Waals surface area contributed by atoms with E-state index in [4.69, 9.17) is 25.5 Å². The molecule has 1 aromatic carbocycles. The summed E-state index contributed by atoms with van der Waals surface area (Å²) >= 11 is 5.93. The Kier molecular flexibility index (Phi) is 4.46. The largest absolute Gasteiger partial charge is 0.486 e. The van der Waals surface area contributed by atoms with Gasteiger partial charge >= 0.3 is 0 Å². The smallest absolute Gasteiger partial charge is 0.228 e. The number of furan rings is 1. The Morgan fingerprint density at radius 2 is 2.06 bits per heavy atom. The number of nitrogens with zero attached hydrogens (tertiary/aromatic N) is 4. The molecule has 1 atom stereocenters. The summed E-state index contributed by atoms with van der Waals surface area (Å²) in [7, 11) is 0. The highest BCUT2D eigenvalue weighted by molar-refractivity contribution is 6.30. The standard InChI is InChI=1S/C23H17ClN4O4/c24-13-6-8-14(9-7-13)31-11-18-26-22-21-20(16-5-2-10-30-16)19-15(29)3-1-4-17(19)32-23(21)25-12-28(22)27-18/h2,5-10,12,20H,1,3-4,11H2/t20-/m1/s1. The predicted octanol–water partition coefficient (Wildman–Crippen LogP) is 4.48. The van der Waals surface area contributed by atoms with E-state index in [9.17, 15) is 4.79 Å². The molecule has 1 aliphatic carbocycles. The number of halogens is 1. The average Bonchev–Trinajstić information content (AvgIpc) is 3.47. The van der Waals surface area contributed by atoms with Crippen molar-refractivity contribution in [3.8, 4) is 11.6 Å². The van der Waals surface area contributed by atoms with Crippen LogP contribution in [0, 0.1) is 0 Å². The maximum atomic E-state index is 12.9. The van der Waals surface area contributed by atoms with Gasteiger partial charge in [0.1, 0.15) is 30.2 Å². The molecule has 1 aliphatic heterocycles. The van der Waals surface area contributed by atoms with Gasteiger partial charge in [0.15, 0.2) is 17.3 Å². The summed E-state index contributed by atoms with van der Waals surface area (Å²) in [5.74, 6) is 2.49. The molecule has 4 heterocycles. The molecular weight excluding hydrogens is 432 g/mol. The molecule has 160 valence electrons. The van der Waals surface area contributed by atoms with E-state index in [-0.39, 0.29) is 12.4 Å². The van der Waals surface area contributed by atoms with Gasteiger partial charge in [0, 0.05) is 23.4 Å². The lowest BCUT2D eigenvalue weighted by Gasteiger charge is -2.30. The van der Waals surface area contributed by atoms with Crippen molar-refractivity contribution in [3.63, 3.8) is 0 Å². The molecule has 0 fully saturated rings. The molecule has 32 heavy (non-hydrogen) atoms. The number of hydrogen-bond acceptors (Lipinski definition) is 7. The molecule has 0 saturated heterocycles. The first-order valence-corrected chi connectivity index (χ1v) is 10.6. The fourth-order valence-electron chi connectivity index (χ4n) is 4.24. The van der Waals surface area contributed by atoms with Crippen LogP contribution in [-0.2, 0) is 11.4 Å². The van der Waals surface area contributed by atoms with Gasteiger partial charge in [-0.05, 0) is 42.8 Å². The molecule has 0 unspecified atom stereocenters. The molecule has 4 aromatic rings. The average molecular weight is 449 g/mol. The molecule has 0 bridgehead atoms. The summed E-state index contributed by atoms with van der Waals surface area (Å²) in [6, 6.07) is 10.7. The number of fused-ring (bicyclic) bond motifs is 3. The van der Waals surface area contributed by atoms with Crippen molar-refractivity contribution in [1.82, 2.24) is 19.6 Å². The predicted molar refractivity (Wildman–Crippen MR) is 114 cm³/mol. The number of ketones is 1. The number of hydrogen-bond donors (Lipinski definition) is 0. The first kappa shape index (κ1) is 19.1. The van der Waals surface area contributed by atoms with Gasteiger partial charge in [0.2, 0.25) is 5.88 Å². The molecule has 9 heteroatoms. The Labute approximate surface area is 187 Å². The van der Waals surface area contributed by atoms with Gasteiger partial charge in [-0.1, -0.05) is 11.6 Å². The number of carbonyl (C=O) groups is 1. The summed E-state index contributed by atoms with van der Waals surface area (Å²) in [6.07, 6.45) is 5.09. The van der Waals surface area contributed by atoms with Gasteiger partial charge in [0.25, 0.3) is 0 Å². The number of Topliss-reactive ketones (excluding diaryl/α,β-unsaturated/α-hetero) is 1. The number of carbonyl (C=O) groups excluding carboxylic acids is 1. The van der Waals surface area contributed by atoms with Crippen molar-refractivity contribution in [1.29, 1.82) is 0 Å². The highest BCUT2D eigenvalue weighted by Gasteiger charge is 2.40. The molecule has 6 rings (SSSR count). The van der Waals surface area contributed by atoms with E-state index in [0.29, 0.717) is 63.6 Å². The Bertz CT molecular complexity index is 1360. The van der Waals surface area contributed by atoms with Crippen LogP contribution >= 0.6 is 11.6 Å². The summed E-state index contributed by atoms with van der Waals surface area (Å²) in [5, 5.41) is 5.13. The molecule has 0 amide bonds. The first-order valence-electron chi connectivity index (χ1n) is 10.3. The Balaban J connectivity index is 1.43. The summed E-state index contributed by atoms with van der Waals surface area (Å²) in [5.41, 5.74) is 1.84. The maximum Gasteiger partial charge on any atom is 0.228 e. The highest BCUT2D eigenvalue weighted by Crippen LogP contribution is 2.47. The topological polar surface area (TPSA) is 91.8 Å². The minimum absolute atomic E-state index is 0.0612. The zero-order valence-corrected chi connectivity index (χ0v) is 17.6. The van der Waals surface area contributed by atoms with Crippen molar-refractivity contribution in [2.75, 3.05) is 0 Å². The molecule has 0 saturated carbocycles. The van der Waals surface area contributed by atoms with Gasteiger partial charge < -0.3 is 13.9 Å². The summed E-state index contributed by atoms with van der Waals surface area (Å²) < 4.78 is 19.2. The molecule has 0 N–H and O–H groups in total. The zero-order chi connectivity index (χ0) is 21.7. The lowest BCUT2D eigenvalue weighted by molar-refractivity contribution is -0.116. The second-order valence-electron chi connectivity index (χ2n) is 7.67. The van der Waals surface area contributed by atoms with Crippen LogP contribution in [0.3, 0.4) is 0 Å². The lowest BCUT2D eigenvalue weighted by atomic mass is 9.80. The SMILES string of the molecule is O=C1CCCC2=C1[C@@H](c1ccco1)c1c(ncn3nc(COc4ccc(Cl)cc4)nc13)O2. The lowest BCUT2D eigenvalue weighted by Crippen LogP contribution is -2.26. The van der Waals surface area contributed by atoms with E-state index >= 15 is 0 Å². The molecule has 0 spiro atoms. The van der Waals surface area contributed by atoms with E-state index in [1.54, 1.807) is 47.4 Å². The van der Waals surface area contributed by atoms with E-state index in [0.717, 1.165) is 6.42 Å². The van der Waals surface area contributed by atoms with Crippen LogP contribution in [-0.4, -0.2) is 25.4 Å². The van der Waals surface area contributed by atoms with Gasteiger partial charge in [-0.3, -0.25) is 4.79 Å². The van der Waals surface area contributed by atoms with E-state index < -0.39 is 5.92 Å². The highest BCUT2D eigenvalue weighted by atomic mass is 35.5. The van der Waals surface area contributed by atoms with Crippen LogP contribution in [0.1, 0.15) is 42.3 Å². The number of aromatic nitrogens is 4. The van der Waals surface area contributed by atoms with Gasteiger partial charge in [-0.2, -0.15) is 0 Å². The van der Waals surface area contributed by atoms with Crippen molar-refractivity contribution in [2.45, 2.75) is 31.8 Å². The van der Waals surface area contributed by atoms with Crippen LogP contribution < -0.4 is 9.47 Å². The fraction of sp³-hybridized carbons (Fsp3) is 0.217. The normalized spacial score (nSPS) is 17.8. The Hall–Kier alpha value is -3.65. The first-order chi connectivity index (χ1) is 15.7. The maximum absolute atomic E-state index is 12.9. The fourth-order valence-corrected chi connectivity index (χ4v) is 4.37. The zero-order valence-electron chi connectivity index (χ0n) is 16.8. The van der Waals surface area contributed by atoms with Crippen LogP contribution in [0.2, 0.25) is 5.02 Å². The summed E-state index contributed by atoms with van der Waals surface area (Å²) in [4.78, 5) is 22.0.